The van der Waals surface area contributed by atoms with Gasteiger partial charge in [0.15, 0.2) is 0 Å². The average molecular weight is 287 g/mol. The first-order valence-electron chi connectivity index (χ1n) is 3.39. The van der Waals surface area contributed by atoms with E-state index in [1.54, 1.807) is 0 Å². The second kappa shape index (κ2) is 3.90. The van der Waals surface area contributed by atoms with Gasteiger partial charge in [-0.2, -0.15) is 8.78 Å². The highest BCUT2D eigenvalue weighted by Gasteiger charge is 2.37. The molecular formula is C8H3BrClF3O. The van der Waals surface area contributed by atoms with E-state index >= 15 is 0 Å². The summed E-state index contributed by atoms with van der Waals surface area (Å²) in [6.45, 7) is 0. The fourth-order valence-corrected chi connectivity index (χ4v) is 1.24. The monoisotopic (exact) mass is 286 g/mol. The third-order valence-electron chi connectivity index (χ3n) is 1.43. The van der Waals surface area contributed by atoms with Crippen LogP contribution in [0.5, 0.6) is 0 Å². The third-order valence-corrected chi connectivity index (χ3v) is 2.12. The summed E-state index contributed by atoms with van der Waals surface area (Å²) in [5.74, 6) is -2.36. The topological polar surface area (TPSA) is 17.1 Å². The predicted molar refractivity (Wildman–Crippen MR) is 49.6 cm³/mol. The fourth-order valence-electron chi connectivity index (χ4n) is 0.824. The Morgan fingerprint density at radius 3 is 2.50 bits per heavy atom. The quantitative estimate of drug-likeness (QED) is 0.599. The maximum atomic E-state index is 12.6. The largest absolute Gasteiger partial charge is 0.363 e. The van der Waals surface area contributed by atoms with Crippen molar-refractivity contribution >= 4 is 33.3 Å². The number of carbonyl (C=O) groups excluding carboxylic acids is 1. The zero-order valence-electron chi connectivity index (χ0n) is 6.53. The molecule has 0 saturated heterocycles. The van der Waals surface area contributed by atoms with Crippen molar-refractivity contribution in [3.63, 3.8) is 0 Å². The van der Waals surface area contributed by atoms with Crippen molar-refractivity contribution in [3.05, 3.63) is 34.6 Å². The highest BCUT2D eigenvalue weighted by molar-refractivity contribution is 9.10. The highest BCUT2D eigenvalue weighted by atomic mass is 79.9. The van der Waals surface area contributed by atoms with E-state index < -0.39 is 22.0 Å². The Bertz CT molecular complexity index is 375. The predicted octanol–water partition coefficient (Wildman–Crippen LogP) is 3.65. The molecule has 0 aromatic heterocycles. The van der Waals surface area contributed by atoms with E-state index in [4.69, 9.17) is 11.6 Å². The van der Waals surface area contributed by atoms with E-state index in [1.807, 2.05) is 15.9 Å². The smallest absolute Gasteiger partial charge is 0.286 e. The van der Waals surface area contributed by atoms with E-state index in [0.29, 0.717) is 6.07 Å². The van der Waals surface area contributed by atoms with Crippen LogP contribution in [0.3, 0.4) is 0 Å². The molecule has 0 saturated carbocycles. The minimum Gasteiger partial charge on any atom is -0.286 e. The Balaban J connectivity index is 3.19. The summed E-state index contributed by atoms with van der Waals surface area (Å²) < 4.78 is 37.6. The van der Waals surface area contributed by atoms with Crippen LogP contribution in [0, 0.1) is 5.82 Å². The van der Waals surface area contributed by atoms with Gasteiger partial charge < -0.3 is 0 Å². The van der Waals surface area contributed by atoms with Gasteiger partial charge in [0.2, 0.25) is 5.78 Å². The minimum absolute atomic E-state index is 0.212. The maximum Gasteiger partial charge on any atom is 0.363 e. The van der Waals surface area contributed by atoms with Gasteiger partial charge in [0, 0.05) is 5.56 Å². The molecule has 1 aromatic rings. The molecule has 0 atom stereocenters. The lowest BCUT2D eigenvalue weighted by molar-refractivity contribution is 0.0592. The second-order valence-corrected chi connectivity index (χ2v) is 3.85. The van der Waals surface area contributed by atoms with E-state index in [2.05, 4.69) is 0 Å². The fraction of sp³-hybridized carbons (Fsp3) is 0.125. The van der Waals surface area contributed by atoms with Crippen LogP contribution in [0.25, 0.3) is 0 Å². The molecule has 0 aliphatic carbocycles. The molecule has 1 aromatic carbocycles. The number of Topliss-reactive ketones (excluding diaryl/α,β-unsaturated/α-hetero) is 1. The minimum atomic E-state index is -3.73. The second-order valence-electron chi connectivity index (χ2n) is 2.45. The van der Waals surface area contributed by atoms with Crippen LogP contribution < -0.4 is 0 Å². The average Bonchev–Trinajstić information content (AvgIpc) is 2.06. The molecular weight excluding hydrogens is 284 g/mol. The van der Waals surface area contributed by atoms with Crippen molar-refractivity contribution in [2.24, 2.45) is 0 Å². The van der Waals surface area contributed by atoms with Crippen LogP contribution in [0.1, 0.15) is 10.4 Å². The van der Waals surface area contributed by atoms with Crippen LogP contribution in [-0.2, 0) is 0 Å². The molecule has 0 amide bonds. The van der Waals surface area contributed by atoms with Crippen molar-refractivity contribution < 1.29 is 18.0 Å². The van der Waals surface area contributed by atoms with Gasteiger partial charge in [-0.3, -0.25) is 4.79 Å². The van der Waals surface area contributed by atoms with E-state index in [0.717, 1.165) is 12.1 Å². The van der Waals surface area contributed by atoms with Gasteiger partial charge in [0.1, 0.15) is 5.82 Å². The lowest BCUT2D eigenvalue weighted by atomic mass is 10.1. The van der Waals surface area contributed by atoms with Gasteiger partial charge in [0.25, 0.3) is 0 Å². The lowest BCUT2D eigenvalue weighted by Crippen LogP contribution is -2.21. The van der Waals surface area contributed by atoms with E-state index in [-0.39, 0.29) is 5.02 Å². The SMILES string of the molecule is O=C(c1cc(F)ccc1Cl)C(F)(F)Br. The van der Waals surface area contributed by atoms with E-state index in [1.165, 1.54) is 0 Å². The van der Waals surface area contributed by atoms with Gasteiger partial charge in [0.05, 0.1) is 5.02 Å². The molecule has 76 valence electrons. The number of alkyl halides is 3. The molecule has 1 rings (SSSR count). The van der Waals surface area contributed by atoms with Crippen molar-refractivity contribution in [1.82, 2.24) is 0 Å². The van der Waals surface area contributed by atoms with Crippen molar-refractivity contribution in [1.29, 1.82) is 0 Å². The number of hydrogen-bond donors (Lipinski definition) is 0. The summed E-state index contributed by atoms with van der Waals surface area (Å²) in [5, 5.41) is -0.212. The highest BCUT2D eigenvalue weighted by Crippen LogP contribution is 2.30. The number of hydrogen-bond acceptors (Lipinski definition) is 1. The van der Waals surface area contributed by atoms with Crippen molar-refractivity contribution in [2.45, 2.75) is 4.83 Å². The number of rotatable bonds is 2. The van der Waals surface area contributed by atoms with Gasteiger partial charge in [-0.25, -0.2) is 4.39 Å². The summed E-state index contributed by atoms with van der Waals surface area (Å²) in [7, 11) is 0. The van der Waals surface area contributed by atoms with Crippen molar-refractivity contribution in [3.8, 4) is 0 Å². The molecule has 14 heavy (non-hydrogen) atoms. The first kappa shape index (κ1) is 11.5. The number of carbonyl (C=O) groups is 1. The summed E-state index contributed by atoms with van der Waals surface area (Å²) in [4.78, 5) is 7.26. The summed E-state index contributed by atoms with van der Waals surface area (Å²) >= 11 is 7.33. The summed E-state index contributed by atoms with van der Waals surface area (Å²) in [6, 6.07) is 2.69. The van der Waals surface area contributed by atoms with Crippen LogP contribution in [0.15, 0.2) is 18.2 Å². The van der Waals surface area contributed by atoms with Gasteiger partial charge in [-0.05, 0) is 34.1 Å². The van der Waals surface area contributed by atoms with Gasteiger partial charge in [-0.1, -0.05) is 11.6 Å². The first-order chi connectivity index (χ1) is 6.32. The van der Waals surface area contributed by atoms with E-state index in [9.17, 15) is 18.0 Å². The van der Waals surface area contributed by atoms with Crippen LogP contribution in [0.4, 0.5) is 13.2 Å². The zero-order valence-corrected chi connectivity index (χ0v) is 8.87. The molecule has 0 bridgehead atoms. The molecule has 0 aliphatic rings. The molecule has 0 fully saturated rings. The molecule has 0 N–H and O–H groups in total. The van der Waals surface area contributed by atoms with Gasteiger partial charge in [-0.15, -0.1) is 0 Å². The molecule has 0 aliphatic heterocycles. The summed E-state index contributed by atoms with van der Waals surface area (Å²) in [6.07, 6.45) is 0. The Hall–Kier alpha value is -0.550. The lowest BCUT2D eigenvalue weighted by Gasteiger charge is -2.08. The molecule has 0 spiro atoms. The molecule has 1 nitrogen and oxygen atoms in total. The molecule has 0 radical (unpaired) electrons. The van der Waals surface area contributed by atoms with Crippen molar-refractivity contribution in [2.75, 3.05) is 0 Å². The number of ketones is 1. The Labute approximate surface area is 91.0 Å². The Morgan fingerprint density at radius 2 is 2.00 bits per heavy atom. The number of halogens is 5. The molecule has 6 heteroatoms. The number of benzene rings is 1. The Morgan fingerprint density at radius 1 is 1.43 bits per heavy atom. The molecule has 0 unspecified atom stereocenters. The third kappa shape index (κ3) is 2.48. The van der Waals surface area contributed by atoms with Crippen LogP contribution in [0.2, 0.25) is 5.02 Å². The van der Waals surface area contributed by atoms with Gasteiger partial charge >= 0.3 is 4.83 Å². The maximum absolute atomic E-state index is 12.6. The van der Waals surface area contributed by atoms with Crippen LogP contribution >= 0.6 is 27.5 Å². The Kier molecular flexibility index (Phi) is 3.21. The molecule has 0 heterocycles. The van der Waals surface area contributed by atoms with Crippen LogP contribution in [-0.4, -0.2) is 10.6 Å². The standard InChI is InChI=1S/C8H3BrClF3O/c9-8(12,13)7(14)5-3-4(11)1-2-6(5)10/h1-3H. The normalized spacial score (nSPS) is 11.5. The first-order valence-corrected chi connectivity index (χ1v) is 4.56. The summed E-state index contributed by atoms with van der Waals surface area (Å²) in [5.41, 5.74) is -0.548. The zero-order chi connectivity index (χ0) is 10.9.